The minimum Gasteiger partial charge on any atom is -0.477 e. The Labute approximate surface area is 188 Å². The van der Waals surface area contributed by atoms with E-state index in [2.05, 4.69) is 15.5 Å². The number of nitrogen functional groups attached to an aromatic ring is 1. The van der Waals surface area contributed by atoms with Gasteiger partial charge in [-0.2, -0.15) is 11.8 Å². The molecule has 3 rings (SSSR count). The van der Waals surface area contributed by atoms with Crippen LogP contribution in [-0.4, -0.2) is 72.9 Å². The molecule has 10 nitrogen and oxygen atoms in total. The molecule has 3 heterocycles. The number of amides is 2. The number of β-lactam (4-membered cyclic amide) rings is 1. The number of nitrogens with two attached hydrogens (primary N) is 1. The average Bonchev–Trinajstić information content (AvgIpc) is 3.15. The van der Waals surface area contributed by atoms with Gasteiger partial charge in [-0.15, -0.1) is 23.1 Å². The number of anilines is 1. The highest BCUT2D eigenvalue weighted by Gasteiger charge is 2.54. The summed E-state index contributed by atoms with van der Waals surface area (Å²) in [5, 5.41) is 27.2. The molecule has 0 bridgehead atoms. The Morgan fingerprint density at radius 1 is 1.53 bits per heavy atom. The van der Waals surface area contributed by atoms with E-state index in [-0.39, 0.29) is 22.2 Å². The Morgan fingerprint density at radius 3 is 2.90 bits per heavy atom. The van der Waals surface area contributed by atoms with Gasteiger partial charge in [0.25, 0.3) is 11.8 Å². The van der Waals surface area contributed by atoms with E-state index < -0.39 is 29.2 Å². The lowest BCUT2D eigenvalue weighted by Gasteiger charge is -2.49. The van der Waals surface area contributed by atoms with Gasteiger partial charge >= 0.3 is 5.97 Å². The molecule has 2 amide bonds. The van der Waals surface area contributed by atoms with Gasteiger partial charge < -0.3 is 21.4 Å². The molecule has 2 atom stereocenters. The van der Waals surface area contributed by atoms with E-state index in [1.54, 1.807) is 11.8 Å². The molecule has 5 N–H and O–H groups in total. The highest BCUT2D eigenvalue weighted by atomic mass is 32.2. The molecule has 0 aromatic carbocycles. The van der Waals surface area contributed by atoms with Crippen molar-refractivity contribution in [3.8, 4) is 0 Å². The Bertz CT molecular complexity index is 960. The number of thioether (sulfide) groups is 3. The summed E-state index contributed by atoms with van der Waals surface area (Å²) < 4.78 is 0. The number of fused-ring (bicyclic) bond motifs is 1. The lowest BCUT2D eigenvalue weighted by Crippen LogP contribution is -2.71. The van der Waals surface area contributed by atoms with Crippen molar-refractivity contribution in [2.24, 2.45) is 5.16 Å². The fourth-order valence-electron chi connectivity index (χ4n) is 2.77. The second-order valence-corrected chi connectivity index (χ2v) is 9.81. The van der Waals surface area contributed by atoms with Crippen molar-refractivity contribution in [3.05, 3.63) is 33.2 Å². The maximum Gasteiger partial charge on any atom is 0.353 e. The van der Waals surface area contributed by atoms with Crippen molar-refractivity contribution in [1.82, 2.24) is 15.2 Å². The van der Waals surface area contributed by atoms with E-state index in [0.717, 1.165) is 17.1 Å². The number of hydrogen-bond acceptors (Lipinski definition) is 11. The molecule has 30 heavy (non-hydrogen) atoms. The Hall–Kier alpha value is -2.16. The molecule has 0 spiro atoms. The lowest BCUT2D eigenvalue weighted by atomic mass is 10.0. The van der Waals surface area contributed by atoms with Crippen LogP contribution in [0, 0.1) is 0 Å². The maximum absolute atomic E-state index is 12.7. The zero-order valence-electron chi connectivity index (χ0n) is 15.5. The summed E-state index contributed by atoms with van der Waals surface area (Å²) >= 11 is 5.33. The highest BCUT2D eigenvalue weighted by molar-refractivity contribution is 8.08. The van der Waals surface area contributed by atoms with Crippen LogP contribution in [-0.2, 0) is 14.4 Å². The van der Waals surface area contributed by atoms with E-state index in [1.807, 2.05) is 17.7 Å². The third-order valence-corrected chi connectivity index (χ3v) is 7.68. The second kappa shape index (κ2) is 9.76. The number of nitrogens with zero attached hydrogens (tertiary/aromatic N) is 3. The molecule has 1 saturated heterocycles. The third kappa shape index (κ3) is 4.45. The number of carboxylic acid groups (broad SMARTS) is 1. The summed E-state index contributed by atoms with van der Waals surface area (Å²) in [5.41, 5.74) is 5.17. The summed E-state index contributed by atoms with van der Waals surface area (Å²) in [6.07, 6.45) is 3.88. The number of aliphatic carboxylic acids is 1. The normalized spacial score (nSPS) is 21.6. The number of oxime groups is 1. The molecule has 1 aromatic heterocycles. The predicted octanol–water partition coefficient (Wildman–Crippen LogP) is 1.21. The third-order valence-electron chi connectivity index (χ3n) is 4.07. The first-order chi connectivity index (χ1) is 14.4. The molecule has 1 unspecified atom stereocenters. The van der Waals surface area contributed by atoms with E-state index in [1.165, 1.54) is 33.8 Å². The Kier molecular flexibility index (Phi) is 7.33. The standard InChI is InChI=1S/C16H17N5O5S4/c1-27-3-2-4-28-8-6-29-14-10(13(23)21(14)11(8)15(24)25)19-12(22)9(20-26)7-5-30-16(17)18-7/h2,4-5,10,14,26H,3,6H2,1H3,(H2,17,18)(H,19,22)(H,24,25)/b4-2-,20-9-/t10?,14-/m1/s1. The second-order valence-electron chi connectivity index (χ2n) is 5.90. The van der Waals surface area contributed by atoms with Crippen LogP contribution in [0.2, 0.25) is 0 Å². The SMILES string of the molecule is CSC/C=C\SC1=C(C(=O)O)N2C(=O)C(NC(=O)/C(=N\O)c3csc(N)n3)[C@H]2SC1. The summed E-state index contributed by atoms with van der Waals surface area (Å²) in [4.78, 5) is 42.6. The van der Waals surface area contributed by atoms with Gasteiger partial charge in [0.2, 0.25) is 0 Å². The van der Waals surface area contributed by atoms with Gasteiger partial charge in [-0.05, 0) is 11.7 Å². The van der Waals surface area contributed by atoms with Crippen LogP contribution in [0.25, 0.3) is 0 Å². The minimum atomic E-state index is -1.20. The lowest BCUT2D eigenvalue weighted by molar-refractivity contribution is -0.150. The van der Waals surface area contributed by atoms with E-state index in [4.69, 9.17) is 5.73 Å². The first-order valence-corrected chi connectivity index (χ1v) is 12.5. The fourth-order valence-corrected chi connectivity index (χ4v) is 6.05. The molecule has 0 radical (unpaired) electrons. The number of aromatic nitrogens is 1. The molecule has 0 saturated carbocycles. The predicted molar refractivity (Wildman–Crippen MR) is 120 cm³/mol. The molecular formula is C16H17N5O5S4. The molecule has 1 aromatic rings. The van der Waals surface area contributed by atoms with Crippen molar-refractivity contribution < 1.29 is 24.7 Å². The fraction of sp³-hybridized carbons (Fsp3) is 0.312. The summed E-state index contributed by atoms with van der Waals surface area (Å²) in [6.45, 7) is 0. The number of carboxylic acids is 1. The molecule has 2 aliphatic heterocycles. The van der Waals surface area contributed by atoms with Gasteiger partial charge in [0.15, 0.2) is 10.8 Å². The number of carbonyl (C=O) groups is 3. The minimum absolute atomic E-state index is 0.0728. The van der Waals surface area contributed by atoms with Crippen molar-refractivity contribution >= 4 is 75.2 Å². The number of carbonyl (C=O) groups excluding carboxylic acids is 2. The first-order valence-electron chi connectivity index (χ1n) is 8.35. The van der Waals surface area contributed by atoms with Gasteiger partial charge in [-0.3, -0.25) is 14.5 Å². The quantitative estimate of drug-likeness (QED) is 0.182. The van der Waals surface area contributed by atoms with Gasteiger partial charge in [0.05, 0.1) is 0 Å². The van der Waals surface area contributed by atoms with E-state index in [0.29, 0.717) is 10.7 Å². The number of thiazole rings is 1. The summed E-state index contributed by atoms with van der Waals surface area (Å²) in [5.74, 6) is -1.36. The zero-order chi connectivity index (χ0) is 21.8. The molecular weight excluding hydrogens is 470 g/mol. The van der Waals surface area contributed by atoms with Crippen molar-refractivity contribution in [3.63, 3.8) is 0 Å². The number of hydrogen-bond donors (Lipinski definition) is 4. The van der Waals surface area contributed by atoms with E-state index in [9.17, 15) is 24.7 Å². The molecule has 160 valence electrons. The largest absolute Gasteiger partial charge is 0.477 e. The van der Waals surface area contributed by atoms with Crippen LogP contribution >= 0.6 is 46.6 Å². The van der Waals surface area contributed by atoms with Gasteiger partial charge in [-0.25, -0.2) is 9.78 Å². The first kappa shape index (κ1) is 22.5. The van der Waals surface area contributed by atoms with Crippen LogP contribution in [0.3, 0.4) is 0 Å². The molecule has 0 aliphatic carbocycles. The highest BCUT2D eigenvalue weighted by Crippen LogP contribution is 2.43. The van der Waals surface area contributed by atoms with E-state index >= 15 is 0 Å². The molecule has 2 aliphatic rings. The Morgan fingerprint density at radius 2 is 2.30 bits per heavy atom. The summed E-state index contributed by atoms with van der Waals surface area (Å²) in [7, 11) is 0. The molecule has 14 heteroatoms. The maximum atomic E-state index is 12.7. The number of nitrogens with one attached hydrogen (secondary N) is 1. The van der Waals surface area contributed by atoms with Gasteiger partial charge in [0.1, 0.15) is 22.8 Å². The van der Waals surface area contributed by atoms with Gasteiger partial charge in [0, 0.05) is 21.8 Å². The Balaban J connectivity index is 1.73. The molecule has 1 fully saturated rings. The monoisotopic (exact) mass is 487 g/mol. The van der Waals surface area contributed by atoms with Crippen LogP contribution in [0.15, 0.2) is 32.6 Å². The van der Waals surface area contributed by atoms with Crippen molar-refractivity contribution in [2.75, 3.05) is 23.5 Å². The van der Waals surface area contributed by atoms with Crippen LogP contribution in [0.5, 0.6) is 0 Å². The summed E-state index contributed by atoms with van der Waals surface area (Å²) in [6, 6.07) is -0.942. The average molecular weight is 488 g/mol. The topological polar surface area (TPSA) is 158 Å². The zero-order valence-corrected chi connectivity index (χ0v) is 18.7. The van der Waals surface area contributed by atoms with Crippen molar-refractivity contribution in [1.29, 1.82) is 0 Å². The smallest absolute Gasteiger partial charge is 0.353 e. The van der Waals surface area contributed by atoms with Crippen LogP contribution in [0.1, 0.15) is 5.69 Å². The van der Waals surface area contributed by atoms with Crippen molar-refractivity contribution in [2.45, 2.75) is 11.4 Å². The van der Waals surface area contributed by atoms with Gasteiger partial charge in [-0.1, -0.05) is 23.0 Å². The van der Waals surface area contributed by atoms with Crippen LogP contribution in [0.4, 0.5) is 5.13 Å². The van der Waals surface area contributed by atoms with Crippen LogP contribution < -0.4 is 11.1 Å². The number of rotatable bonds is 8.